The molecule has 7 aromatic carbocycles. The Morgan fingerprint density at radius 3 is 1.61 bits per heavy atom. The van der Waals surface area contributed by atoms with E-state index in [1.165, 1.54) is 67.7 Å². The van der Waals surface area contributed by atoms with Crippen LogP contribution in [0.3, 0.4) is 0 Å². The molecule has 4 heterocycles. The summed E-state index contributed by atoms with van der Waals surface area (Å²) in [6.45, 7) is 0. The molecule has 0 radical (unpaired) electrons. The third-order valence-corrected chi connectivity index (χ3v) is 12.5. The molecule has 4 aromatic heterocycles. The molecule has 0 amide bonds. The minimum Gasteiger partial charge on any atom is -0.308 e. The van der Waals surface area contributed by atoms with Gasteiger partial charge in [0.1, 0.15) is 0 Å². The van der Waals surface area contributed by atoms with Crippen molar-refractivity contribution in [3.8, 4) is 39.3 Å². The summed E-state index contributed by atoms with van der Waals surface area (Å²) < 4.78 is 7.88. The van der Waals surface area contributed by atoms with Crippen molar-refractivity contribution in [1.29, 1.82) is 0 Å². The molecule has 0 unspecified atom stereocenters. The summed E-state index contributed by atoms with van der Waals surface area (Å²) in [5.41, 5.74) is 10.1. The largest absolute Gasteiger partial charge is 0.308 e. The van der Waals surface area contributed by atoms with Crippen molar-refractivity contribution < 1.29 is 0 Å². The number of thiophene rings is 2. The van der Waals surface area contributed by atoms with E-state index in [9.17, 15) is 0 Å². The fourth-order valence-corrected chi connectivity index (χ4v) is 10.5. The van der Waals surface area contributed by atoms with Crippen LogP contribution in [0.1, 0.15) is 0 Å². The molecule has 238 valence electrons. The molecule has 0 spiro atoms. The van der Waals surface area contributed by atoms with Crippen LogP contribution in [-0.4, -0.2) is 9.55 Å². The Morgan fingerprint density at radius 1 is 0.392 bits per heavy atom. The smallest absolute Gasteiger partial charge is 0.0727 e. The highest BCUT2D eigenvalue weighted by atomic mass is 32.1. The lowest BCUT2D eigenvalue weighted by molar-refractivity contribution is 1.19. The van der Waals surface area contributed by atoms with Crippen molar-refractivity contribution in [1.82, 2.24) is 9.55 Å². The van der Waals surface area contributed by atoms with Gasteiger partial charge < -0.3 is 4.57 Å². The Balaban J connectivity index is 1.18. The van der Waals surface area contributed by atoms with Gasteiger partial charge in [-0.2, -0.15) is 0 Å². The van der Waals surface area contributed by atoms with Gasteiger partial charge in [0.05, 0.1) is 27.1 Å². The Labute approximate surface area is 302 Å². The number of hydrogen-bond acceptors (Lipinski definition) is 3. The van der Waals surface area contributed by atoms with Crippen molar-refractivity contribution in [2.75, 3.05) is 0 Å². The van der Waals surface area contributed by atoms with Crippen LogP contribution in [0.25, 0.3) is 101 Å². The third-order valence-electron chi connectivity index (χ3n) is 10.2. The lowest BCUT2D eigenvalue weighted by Gasteiger charge is -2.12. The summed E-state index contributed by atoms with van der Waals surface area (Å²) in [5.74, 6) is 0. The number of fused-ring (bicyclic) bond motifs is 12. The zero-order valence-corrected chi connectivity index (χ0v) is 29.0. The Morgan fingerprint density at radius 2 is 0.922 bits per heavy atom. The lowest BCUT2D eigenvalue weighted by atomic mass is 10.00. The highest BCUT2D eigenvalue weighted by Crippen LogP contribution is 2.52. The van der Waals surface area contributed by atoms with Crippen LogP contribution in [0, 0.1) is 0 Å². The summed E-state index contributed by atoms with van der Waals surface area (Å²) in [6.07, 6.45) is 0. The van der Waals surface area contributed by atoms with Crippen molar-refractivity contribution in [2.24, 2.45) is 0 Å². The van der Waals surface area contributed by atoms with Gasteiger partial charge in [0.2, 0.25) is 0 Å². The van der Waals surface area contributed by atoms with Crippen LogP contribution in [0.4, 0.5) is 0 Å². The van der Waals surface area contributed by atoms with Crippen LogP contribution < -0.4 is 0 Å². The monoisotopic (exact) mass is 684 g/mol. The molecule has 0 fully saturated rings. The summed E-state index contributed by atoms with van der Waals surface area (Å²) in [4.78, 5) is 5.21. The summed E-state index contributed by atoms with van der Waals surface area (Å²) in [7, 11) is 0. The predicted molar refractivity (Wildman–Crippen MR) is 221 cm³/mol. The Bertz CT molecular complexity index is 3060. The van der Waals surface area contributed by atoms with Gasteiger partial charge in [0.15, 0.2) is 0 Å². The zero-order valence-electron chi connectivity index (χ0n) is 27.4. The molecule has 0 aliphatic carbocycles. The second kappa shape index (κ2) is 11.2. The highest BCUT2D eigenvalue weighted by Gasteiger charge is 2.24. The molecule has 4 heteroatoms. The van der Waals surface area contributed by atoms with Gasteiger partial charge in [-0.1, -0.05) is 127 Å². The first-order valence-electron chi connectivity index (χ1n) is 17.2. The molecule has 0 aliphatic rings. The first-order chi connectivity index (χ1) is 25.3. The quantitative estimate of drug-likeness (QED) is 0.180. The van der Waals surface area contributed by atoms with E-state index in [0.29, 0.717) is 0 Å². The molecular formula is C47H28N2S2. The van der Waals surface area contributed by atoms with Gasteiger partial charge in [-0.3, -0.25) is 0 Å². The molecule has 11 rings (SSSR count). The molecule has 0 bridgehead atoms. The summed E-state index contributed by atoms with van der Waals surface area (Å²) in [5, 5.41) is 8.03. The molecule has 0 atom stereocenters. The normalized spacial score (nSPS) is 11.9. The van der Waals surface area contributed by atoms with Gasteiger partial charge in [0.25, 0.3) is 0 Å². The maximum atomic E-state index is 5.21. The van der Waals surface area contributed by atoms with Crippen molar-refractivity contribution in [3.05, 3.63) is 170 Å². The standard InChI is InChI=1S/C47H28N2S2/c1-3-13-29(14-4-1)32-27-37(30-15-5-2-6-16-30)48-38(28-32)31-23-25-33(26-24-31)49-39-20-10-7-17-34(39)42-43-35-18-8-11-21-40(35)50-46(43)44-36-19-9-12-22-41(36)51-47(44)45(42)49/h1-28H. The number of benzene rings is 7. The van der Waals surface area contributed by atoms with E-state index in [2.05, 4.69) is 174 Å². The number of hydrogen-bond donors (Lipinski definition) is 0. The predicted octanol–water partition coefficient (Wildman–Crippen LogP) is 13.9. The van der Waals surface area contributed by atoms with Crippen LogP contribution in [0.5, 0.6) is 0 Å². The fraction of sp³-hybridized carbons (Fsp3) is 0. The first-order valence-corrected chi connectivity index (χ1v) is 18.8. The Kier molecular flexibility index (Phi) is 6.32. The number of pyridine rings is 1. The van der Waals surface area contributed by atoms with Gasteiger partial charge in [-0.05, 0) is 53.6 Å². The molecule has 2 nitrogen and oxygen atoms in total. The highest BCUT2D eigenvalue weighted by molar-refractivity contribution is 7.30. The van der Waals surface area contributed by atoms with E-state index in [1.54, 1.807) is 0 Å². The molecule has 0 saturated heterocycles. The topological polar surface area (TPSA) is 17.8 Å². The third kappa shape index (κ3) is 4.37. The number of para-hydroxylation sites is 1. The molecule has 11 aromatic rings. The Hall–Kier alpha value is -6.07. The van der Waals surface area contributed by atoms with Crippen LogP contribution in [0.15, 0.2) is 170 Å². The molecule has 0 saturated carbocycles. The van der Waals surface area contributed by atoms with Gasteiger partial charge in [-0.25, -0.2) is 4.98 Å². The van der Waals surface area contributed by atoms with Crippen molar-refractivity contribution in [2.45, 2.75) is 0 Å². The second-order valence-corrected chi connectivity index (χ2v) is 15.2. The van der Waals surface area contributed by atoms with Crippen LogP contribution >= 0.6 is 22.7 Å². The van der Waals surface area contributed by atoms with E-state index in [-0.39, 0.29) is 0 Å². The molecular weight excluding hydrogens is 657 g/mol. The fourth-order valence-electron chi connectivity index (χ4n) is 7.90. The molecule has 51 heavy (non-hydrogen) atoms. The maximum Gasteiger partial charge on any atom is 0.0727 e. The number of aromatic nitrogens is 2. The van der Waals surface area contributed by atoms with E-state index in [1.807, 2.05) is 22.7 Å². The first kappa shape index (κ1) is 28.7. The molecule has 0 N–H and O–H groups in total. The minimum absolute atomic E-state index is 0.960. The maximum absolute atomic E-state index is 5.21. The van der Waals surface area contributed by atoms with Gasteiger partial charge >= 0.3 is 0 Å². The minimum atomic E-state index is 0.960. The van der Waals surface area contributed by atoms with E-state index >= 15 is 0 Å². The van der Waals surface area contributed by atoms with Gasteiger partial charge in [-0.15, -0.1) is 22.7 Å². The van der Waals surface area contributed by atoms with Crippen LogP contribution in [-0.2, 0) is 0 Å². The van der Waals surface area contributed by atoms with Gasteiger partial charge in [0, 0.05) is 63.2 Å². The van der Waals surface area contributed by atoms with Crippen molar-refractivity contribution >= 4 is 84.8 Å². The van der Waals surface area contributed by atoms with E-state index < -0.39 is 0 Å². The summed E-state index contributed by atoms with van der Waals surface area (Å²) >= 11 is 3.84. The summed E-state index contributed by atoms with van der Waals surface area (Å²) in [6, 6.07) is 61.3. The van der Waals surface area contributed by atoms with Crippen LogP contribution in [0.2, 0.25) is 0 Å². The average Bonchev–Trinajstić information content (AvgIpc) is 3.88. The average molecular weight is 685 g/mol. The number of rotatable bonds is 4. The van der Waals surface area contributed by atoms with Crippen molar-refractivity contribution in [3.63, 3.8) is 0 Å². The number of nitrogens with zero attached hydrogens (tertiary/aromatic N) is 2. The van der Waals surface area contributed by atoms with E-state index in [4.69, 9.17) is 4.98 Å². The molecule has 0 aliphatic heterocycles. The lowest BCUT2D eigenvalue weighted by Crippen LogP contribution is -1.95. The van der Waals surface area contributed by atoms with E-state index in [0.717, 1.165) is 33.8 Å². The SMILES string of the molecule is c1ccc(-c2cc(-c3ccccc3)nc(-c3ccc(-n4c5ccccc5c5c6c7ccccc7sc6c6c7ccccc7sc6c54)cc3)c2)cc1. The second-order valence-electron chi connectivity index (χ2n) is 13.1. The zero-order chi connectivity index (χ0) is 33.5.